The van der Waals surface area contributed by atoms with E-state index in [9.17, 15) is 0 Å². The molecule has 2 aromatic rings. The van der Waals surface area contributed by atoms with Gasteiger partial charge in [0.2, 0.25) is 17.5 Å². The third-order valence-corrected chi connectivity index (χ3v) is 2.75. The van der Waals surface area contributed by atoms with E-state index in [-0.39, 0.29) is 5.71 Å². The van der Waals surface area contributed by atoms with E-state index in [0.29, 0.717) is 23.3 Å². The van der Waals surface area contributed by atoms with Crippen molar-refractivity contribution in [2.45, 2.75) is 0 Å². The number of hydrogen-bond acceptors (Lipinski definition) is 8. The molecule has 23 heavy (non-hydrogen) atoms. The first-order valence-corrected chi connectivity index (χ1v) is 6.41. The molecule has 8 nitrogen and oxygen atoms in total. The first-order chi connectivity index (χ1) is 11.2. The summed E-state index contributed by atoms with van der Waals surface area (Å²) in [6.45, 7) is 0. The highest BCUT2D eigenvalue weighted by atomic mass is 16.5. The second-order valence-electron chi connectivity index (χ2n) is 4.15. The van der Waals surface area contributed by atoms with Gasteiger partial charge in [-0.05, 0) is 24.3 Å². The fraction of sp³-hybridized carbons (Fsp3) is 0.133. The molecule has 1 aromatic heterocycles. The molecule has 0 fully saturated rings. The largest absolute Gasteiger partial charge is 0.481 e. The van der Waals surface area contributed by atoms with Gasteiger partial charge < -0.3 is 9.47 Å². The molecule has 0 radical (unpaired) electrons. The van der Waals surface area contributed by atoms with Gasteiger partial charge >= 0.3 is 0 Å². The van der Waals surface area contributed by atoms with Crippen LogP contribution >= 0.6 is 0 Å². The van der Waals surface area contributed by atoms with Gasteiger partial charge in [-0.1, -0.05) is 0 Å². The average Bonchev–Trinajstić information content (AvgIpc) is 2.62. The maximum Gasteiger partial charge on any atom is 0.237 e. The average molecular weight is 308 g/mol. The number of nitriles is 2. The van der Waals surface area contributed by atoms with E-state index in [1.165, 1.54) is 14.2 Å². The van der Waals surface area contributed by atoms with Gasteiger partial charge in [0.05, 0.1) is 26.0 Å². The monoisotopic (exact) mass is 308 g/mol. The summed E-state index contributed by atoms with van der Waals surface area (Å²) in [5, 5.41) is 20.9. The zero-order chi connectivity index (χ0) is 16.7. The zero-order valence-electron chi connectivity index (χ0n) is 12.4. The smallest absolute Gasteiger partial charge is 0.237 e. The van der Waals surface area contributed by atoms with E-state index in [2.05, 4.69) is 20.5 Å². The molecule has 1 heterocycles. The van der Waals surface area contributed by atoms with E-state index in [0.717, 1.165) is 5.56 Å². The lowest BCUT2D eigenvalue weighted by atomic mass is 10.2. The summed E-state index contributed by atoms with van der Waals surface area (Å²) in [6, 6.07) is 11.9. The van der Waals surface area contributed by atoms with Gasteiger partial charge in [0.25, 0.3) is 0 Å². The van der Waals surface area contributed by atoms with E-state index < -0.39 is 0 Å². The third-order valence-electron chi connectivity index (χ3n) is 2.75. The lowest BCUT2D eigenvalue weighted by molar-refractivity contribution is 0.372. The summed E-state index contributed by atoms with van der Waals surface area (Å²) >= 11 is 0. The number of nitrogens with one attached hydrogen (secondary N) is 1. The van der Waals surface area contributed by atoms with Gasteiger partial charge in [0.1, 0.15) is 12.1 Å². The van der Waals surface area contributed by atoms with Crippen molar-refractivity contribution in [2.75, 3.05) is 19.6 Å². The molecule has 1 N–H and O–H groups in total. The highest BCUT2D eigenvalue weighted by molar-refractivity contribution is 6.10. The molecule has 8 heteroatoms. The first-order valence-electron chi connectivity index (χ1n) is 6.41. The van der Waals surface area contributed by atoms with Crippen LogP contribution in [0.4, 0.5) is 5.69 Å². The Morgan fingerprint density at radius 2 is 1.61 bits per heavy atom. The number of rotatable bonds is 5. The van der Waals surface area contributed by atoms with Crippen LogP contribution in [0.5, 0.6) is 11.8 Å². The molecule has 114 valence electrons. The summed E-state index contributed by atoms with van der Waals surface area (Å²) in [4.78, 5) is 8.51. The minimum absolute atomic E-state index is 0.255. The van der Waals surface area contributed by atoms with Gasteiger partial charge in [-0.25, -0.2) is 0 Å². The third kappa shape index (κ3) is 3.93. The molecule has 0 aliphatic heterocycles. The quantitative estimate of drug-likeness (QED) is 0.663. The SMILES string of the molecule is COc1cc(OC)nc(-c2ccc(NN=C(C#N)C#N)cc2)n1. The van der Waals surface area contributed by atoms with Crippen molar-refractivity contribution in [3.8, 4) is 35.3 Å². The van der Waals surface area contributed by atoms with Crippen LogP contribution in [0.3, 0.4) is 0 Å². The van der Waals surface area contributed by atoms with E-state index in [1.807, 2.05) is 0 Å². The molecule has 1 aromatic carbocycles. The summed E-state index contributed by atoms with van der Waals surface area (Å²) in [6.07, 6.45) is 0. The zero-order valence-corrected chi connectivity index (χ0v) is 12.4. The molecule has 0 atom stereocenters. The summed E-state index contributed by atoms with van der Waals surface area (Å²) in [5.41, 5.74) is 3.73. The van der Waals surface area contributed by atoms with Gasteiger partial charge in [-0.2, -0.15) is 25.6 Å². The van der Waals surface area contributed by atoms with Crippen LogP contribution in [0.15, 0.2) is 35.4 Å². The van der Waals surface area contributed by atoms with E-state index >= 15 is 0 Å². The van der Waals surface area contributed by atoms with Gasteiger partial charge in [0.15, 0.2) is 5.82 Å². The summed E-state index contributed by atoms with van der Waals surface area (Å²) in [5.74, 6) is 1.24. The highest BCUT2D eigenvalue weighted by Crippen LogP contribution is 2.23. The van der Waals surface area contributed by atoms with Crippen molar-refractivity contribution in [3.63, 3.8) is 0 Å². The molecule has 0 bridgehead atoms. The number of benzene rings is 1. The van der Waals surface area contributed by atoms with Crippen molar-refractivity contribution in [1.82, 2.24) is 9.97 Å². The molecule has 0 aliphatic rings. The maximum absolute atomic E-state index is 8.61. The molecule has 0 spiro atoms. The number of anilines is 1. The first kappa shape index (κ1) is 15.7. The Kier molecular flexibility index (Phi) is 5.05. The predicted molar refractivity (Wildman–Crippen MR) is 82.9 cm³/mol. The second-order valence-corrected chi connectivity index (χ2v) is 4.15. The van der Waals surface area contributed by atoms with Crippen molar-refractivity contribution in [3.05, 3.63) is 30.3 Å². The lowest BCUT2D eigenvalue weighted by Crippen LogP contribution is -1.98. The molecule has 0 aliphatic carbocycles. The van der Waals surface area contributed by atoms with Crippen LogP contribution in [-0.2, 0) is 0 Å². The summed E-state index contributed by atoms with van der Waals surface area (Å²) < 4.78 is 10.2. The van der Waals surface area contributed by atoms with Crippen LogP contribution < -0.4 is 14.9 Å². The van der Waals surface area contributed by atoms with Crippen LogP contribution in [0.2, 0.25) is 0 Å². The fourth-order valence-electron chi connectivity index (χ4n) is 1.63. The molecule has 0 saturated carbocycles. The Balaban J connectivity index is 2.25. The van der Waals surface area contributed by atoms with Gasteiger partial charge in [-0.15, -0.1) is 0 Å². The Bertz CT molecular complexity index is 764. The van der Waals surface area contributed by atoms with Crippen molar-refractivity contribution in [1.29, 1.82) is 10.5 Å². The van der Waals surface area contributed by atoms with Crippen LogP contribution in [-0.4, -0.2) is 29.9 Å². The fourth-order valence-corrected chi connectivity index (χ4v) is 1.63. The predicted octanol–water partition coefficient (Wildman–Crippen LogP) is 1.98. The van der Waals surface area contributed by atoms with Crippen molar-refractivity contribution >= 4 is 11.4 Å². The number of ether oxygens (including phenoxy) is 2. The van der Waals surface area contributed by atoms with Crippen LogP contribution in [0, 0.1) is 22.7 Å². The Morgan fingerprint density at radius 3 is 2.09 bits per heavy atom. The Morgan fingerprint density at radius 1 is 1.04 bits per heavy atom. The number of aromatic nitrogens is 2. The number of hydrazone groups is 1. The molecule has 2 rings (SSSR count). The standard InChI is InChI=1S/C15H12N6O2/c1-22-13-7-14(23-2)19-15(18-13)10-3-5-11(6-4-10)20-21-12(8-16)9-17/h3-7,20H,1-2H3. The van der Waals surface area contributed by atoms with Crippen molar-refractivity contribution in [2.24, 2.45) is 5.10 Å². The molecular formula is C15H12N6O2. The van der Waals surface area contributed by atoms with Crippen LogP contribution in [0.1, 0.15) is 0 Å². The lowest BCUT2D eigenvalue weighted by Gasteiger charge is -2.07. The van der Waals surface area contributed by atoms with E-state index in [1.54, 1.807) is 42.5 Å². The molecule has 0 unspecified atom stereocenters. The highest BCUT2D eigenvalue weighted by Gasteiger charge is 2.07. The summed E-state index contributed by atoms with van der Waals surface area (Å²) in [7, 11) is 3.02. The Labute approximate surface area is 132 Å². The minimum atomic E-state index is -0.255. The molecule has 0 amide bonds. The molecular weight excluding hydrogens is 296 g/mol. The maximum atomic E-state index is 8.61. The molecule has 0 saturated heterocycles. The normalized spacial score (nSPS) is 9.22. The van der Waals surface area contributed by atoms with Gasteiger partial charge in [-0.3, -0.25) is 5.43 Å². The van der Waals surface area contributed by atoms with Crippen molar-refractivity contribution < 1.29 is 9.47 Å². The second kappa shape index (κ2) is 7.38. The van der Waals surface area contributed by atoms with Gasteiger partial charge in [0, 0.05) is 5.56 Å². The topological polar surface area (TPSA) is 116 Å². The van der Waals surface area contributed by atoms with Crippen LogP contribution in [0.25, 0.3) is 11.4 Å². The number of hydrogen-bond donors (Lipinski definition) is 1. The number of methoxy groups -OCH3 is 2. The Hall–Kier alpha value is -3.65. The minimum Gasteiger partial charge on any atom is -0.481 e. The number of nitrogens with zero attached hydrogens (tertiary/aromatic N) is 5. The van der Waals surface area contributed by atoms with E-state index in [4.69, 9.17) is 20.0 Å².